The van der Waals surface area contributed by atoms with Gasteiger partial charge in [-0.2, -0.15) is 5.10 Å². The van der Waals surface area contributed by atoms with Crippen LogP contribution in [0.5, 0.6) is 11.5 Å². The summed E-state index contributed by atoms with van der Waals surface area (Å²) in [6.07, 6.45) is 1.46. The van der Waals surface area contributed by atoms with Gasteiger partial charge in [0.2, 0.25) is 0 Å². The molecule has 4 aromatic rings. The molecule has 0 fully saturated rings. The first kappa shape index (κ1) is 24.3. The highest BCUT2D eigenvalue weighted by atomic mass is 35.5. The van der Waals surface area contributed by atoms with Gasteiger partial charge in [-0.05, 0) is 42.0 Å². The maximum atomic E-state index is 13.4. The summed E-state index contributed by atoms with van der Waals surface area (Å²) >= 11 is 6.47. The normalized spacial score (nSPS) is 13.3. The highest BCUT2D eigenvalue weighted by molar-refractivity contribution is 6.48. The Hall–Kier alpha value is -4.44. The van der Waals surface area contributed by atoms with E-state index in [-0.39, 0.29) is 12.4 Å². The number of hydrogen-bond acceptors (Lipinski definition) is 9. The molecular formula is C26H23ClFN7O2. The first-order valence-electron chi connectivity index (χ1n) is 11.4. The molecule has 0 radical (unpaired) electrons. The predicted molar refractivity (Wildman–Crippen MR) is 143 cm³/mol. The fourth-order valence-electron chi connectivity index (χ4n) is 3.97. The van der Waals surface area contributed by atoms with Gasteiger partial charge in [0.15, 0.2) is 0 Å². The summed E-state index contributed by atoms with van der Waals surface area (Å²) in [6, 6.07) is 15.2. The number of fused-ring (bicyclic) bond motifs is 1. The Morgan fingerprint density at radius 1 is 1.16 bits per heavy atom. The molecule has 188 valence electrons. The minimum absolute atomic E-state index is 0.191. The molecule has 37 heavy (non-hydrogen) atoms. The number of hydrazone groups is 1. The lowest BCUT2D eigenvalue weighted by molar-refractivity contribution is 0.306. The van der Waals surface area contributed by atoms with Crippen molar-refractivity contribution < 1.29 is 13.9 Å². The lowest BCUT2D eigenvalue weighted by Gasteiger charge is -2.15. The van der Waals surface area contributed by atoms with Crippen molar-refractivity contribution in [2.24, 2.45) is 15.9 Å². The maximum absolute atomic E-state index is 13.4. The molecule has 0 saturated heterocycles. The third-order valence-corrected chi connectivity index (χ3v) is 6.01. The summed E-state index contributed by atoms with van der Waals surface area (Å²) in [5.74, 6) is 7.60. The fraction of sp³-hybridized carbons (Fsp3) is 0.154. The van der Waals surface area contributed by atoms with Crippen LogP contribution in [0.15, 0.2) is 71.0 Å². The number of nitrogens with two attached hydrogens (primary N) is 1. The molecule has 1 aliphatic heterocycles. The molecule has 5 rings (SSSR count). The number of benzene rings is 3. The molecule has 0 unspecified atom stereocenters. The second kappa shape index (κ2) is 10.7. The van der Waals surface area contributed by atoms with Crippen molar-refractivity contribution in [1.82, 2.24) is 15.3 Å². The molecule has 9 nitrogen and oxygen atoms in total. The van der Waals surface area contributed by atoms with Crippen molar-refractivity contribution in [3.63, 3.8) is 0 Å². The topological polar surface area (TPSA) is 119 Å². The summed E-state index contributed by atoms with van der Waals surface area (Å²) in [4.78, 5) is 13.2. The van der Waals surface area contributed by atoms with Gasteiger partial charge in [-0.25, -0.2) is 14.4 Å². The van der Waals surface area contributed by atoms with E-state index in [1.165, 1.54) is 18.5 Å². The fourth-order valence-corrected chi connectivity index (χ4v) is 4.21. The molecule has 4 N–H and O–H groups in total. The second-order valence-electron chi connectivity index (χ2n) is 8.12. The van der Waals surface area contributed by atoms with Gasteiger partial charge in [0, 0.05) is 29.2 Å². The van der Waals surface area contributed by atoms with Gasteiger partial charge >= 0.3 is 0 Å². The van der Waals surface area contributed by atoms with Crippen LogP contribution >= 0.6 is 11.6 Å². The second-order valence-corrected chi connectivity index (χ2v) is 8.52. The van der Waals surface area contributed by atoms with E-state index in [0.717, 1.165) is 5.39 Å². The first-order chi connectivity index (χ1) is 18.1. The van der Waals surface area contributed by atoms with Gasteiger partial charge in [0.05, 0.1) is 24.2 Å². The van der Waals surface area contributed by atoms with Crippen LogP contribution in [0.25, 0.3) is 10.9 Å². The van der Waals surface area contributed by atoms with E-state index < -0.39 is 0 Å². The van der Waals surface area contributed by atoms with E-state index in [0.29, 0.717) is 69.3 Å². The summed E-state index contributed by atoms with van der Waals surface area (Å²) in [6.45, 7) is 1.54. The molecule has 1 aromatic heterocycles. The van der Waals surface area contributed by atoms with Crippen molar-refractivity contribution in [1.29, 1.82) is 0 Å². The van der Waals surface area contributed by atoms with Gasteiger partial charge in [-0.1, -0.05) is 23.7 Å². The smallest absolute Gasteiger partial charge is 0.150 e. The Labute approximate surface area is 217 Å². The Morgan fingerprint density at radius 2 is 2.05 bits per heavy atom. The Morgan fingerprint density at radius 3 is 2.78 bits per heavy atom. The number of hydrogen-bond donors (Lipinski definition) is 3. The van der Waals surface area contributed by atoms with E-state index in [4.69, 9.17) is 26.9 Å². The van der Waals surface area contributed by atoms with Gasteiger partial charge in [0.25, 0.3) is 0 Å². The van der Waals surface area contributed by atoms with Crippen LogP contribution in [0.4, 0.5) is 15.9 Å². The largest absolute Gasteiger partial charge is 0.496 e. The minimum Gasteiger partial charge on any atom is -0.496 e. The highest BCUT2D eigenvalue weighted by Gasteiger charge is 2.21. The molecule has 0 amide bonds. The lowest BCUT2D eigenvalue weighted by atomic mass is 10.0. The van der Waals surface area contributed by atoms with Crippen LogP contribution in [0.1, 0.15) is 11.1 Å². The zero-order valence-corrected chi connectivity index (χ0v) is 20.6. The van der Waals surface area contributed by atoms with E-state index in [1.807, 2.05) is 12.1 Å². The number of anilines is 2. The minimum atomic E-state index is -0.318. The van der Waals surface area contributed by atoms with Crippen molar-refractivity contribution in [2.45, 2.75) is 6.61 Å². The maximum Gasteiger partial charge on any atom is 0.150 e. The number of methoxy groups -OCH3 is 1. The Bertz CT molecular complexity index is 1530. The molecule has 0 saturated carbocycles. The summed E-state index contributed by atoms with van der Waals surface area (Å²) in [7, 11) is 1.57. The van der Waals surface area contributed by atoms with Crippen LogP contribution in [-0.4, -0.2) is 41.7 Å². The van der Waals surface area contributed by atoms with E-state index >= 15 is 0 Å². The number of ether oxygens (including phenoxy) is 2. The van der Waals surface area contributed by atoms with Crippen molar-refractivity contribution in [3.05, 3.63) is 82.9 Å². The zero-order chi connectivity index (χ0) is 25.8. The third-order valence-electron chi connectivity index (χ3n) is 5.72. The number of rotatable bonds is 8. The van der Waals surface area contributed by atoms with E-state index in [2.05, 4.69) is 30.7 Å². The van der Waals surface area contributed by atoms with Crippen LogP contribution in [-0.2, 0) is 6.61 Å². The molecule has 1 aliphatic rings. The van der Waals surface area contributed by atoms with Crippen LogP contribution in [0.2, 0.25) is 5.02 Å². The van der Waals surface area contributed by atoms with Crippen molar-refractivity contribution in [2.75, 3.05) is 25.5 Å². The van der Waals surface area contributed by atoms with E-state index in [1.54, 1.807) is 37.4 Å². The lowest BCUT2D eigenvalue weighted by Crippen LogP contribution is -2.29. The molecule has 0 aliphatic carbocycles. The van der Waals surface area contributed by atoms with Crippen LogP contribution < -0.4 is 25.9 Å². The number of aliphatic imine (C=N–C) groups is 1. The SMILES string of the molecule is COc1cc2ncnc(Nc3ccc(OCc4cccc(F)c4)c(Cl)c3)c2cc1C(=NN)C1=NCCN1. The molecule has 0 bridgehead atoms. The number of nitrogens with one attached hydrogen (secondary N) is 2. The summed E-state index contributed by atoms with van der Waals surface area (Å²) in [5.41, 5.74) is 3.19. The Balaban J connectivity index is 1.43. The van der Waals surface area contributed by atoms with Gasteiger partial charge in [-0.3, -0.25) is 4.99 Å². The summed E-state index contributed by atoms with van der Waals surface area (Å²) in [5, 5.41) is 11.6. The van der Waals surface area contributed by atoms with Crippen LogP contribution in [0, 0.1) is 5.82 Å². The monoisotopic (exact) mass is 519 g/mol. The predicted octanol–water partition coefficient (Wildman–Crippen LogP) is 4.42. The average Bonchev–Trinajstić information content (AvgIpc) is 3.43. The summed E-state index contributed by atoms with van der Waals surface area (Å²) < 4.78 is 24.8. The van der Waals surface area contributed by atoms with Crippen molar-refractivity contribution in [3.8, 4) is 11.5 Å². The first-order valence-corrected chi connectivity index (χ1v) is 11.8. The average molecular weight is 520 g/mol. The van der Waals surface area contributed by atoms with E-state index in [9.17, 15) is 4.39 Å². The molecule has 0 atom stereocenters. The molecular weight excluding hydrogens is 497 g/mol. The van der Waals surface area contributed by atoms with Gasteiger partial charge in [-0.15, -0.1) is 0 Å². The van der Waals surface area contributed by atoms with Crippen molar-refractivity contribution >= 4 is 45.6 Å². The van der Waals surface area contributed by atoms with Crippen LogP contribution in [0.3, 0.4) is 0 Å². The van der Waals surface area contributed by atoms with Gasteiger partial charge < -0.3 is 25.9 Å². The standard InChI is InChI=1S/C26H23ClFN7O2/c1-36-23-12-21-18(11-19(23)24(35-29)26-30-7-8-31-26)25(33-14-32-21)34-17-5-6-22(20(27)10-17)37-13-15-3-2-4-16(28)9-15/h2-6,9-12,14H,7-8,13,29H2,1H3,(H,30,31)(H,32,33,34). The molecule has 11 heteroatoms. The third kappa shape index (κ3) is 5.24. The number of nitrogens with zero attached hydrogens (tertiary/aromatic N) is 4. The number of amidine groups is 1. The quantitative estimate of drug-likeness (QED) is 0.179. The highest BCUT2D eigenvalue weighted by Crippen LogP contribution is 2.33. The molecule has 3 aromatic carbocycles. The molecule has 0 spiro atoms. The number of aromatic nitrogens is 2. The van der Waals surface area contributed by atoms with Gasteiger partial charge in [0.1, 0.15) is 47.6 Å². The molecule has 2 heterocycles. The number of halogens is 2. The zero-order valence-electron chi connectivity index (χ0n) is 19.8. The Kier molecular flexibility index (Phi) is 7.00.